The van der Waals surface area contributed by atoms with Gasteiger partial charge in [0.1, 0.15) is 5.69 Å². The Labute approximate surface area is 125 Å². The quantitative estimate of drug-likeness (QED) is 0.807. The zero-order chi connectivity index (χ0) is 14.9. The molecule has 2 saturated heterocycles. The van der Waals surface area contributed by atoms with Crippen LogP contribution in [0.25, 0.3) is 0 Å². The molecule has 0 N–H and O–H groups in total. The van der Waals surface area contributed by atoms with Crippen LogP contribution >= 0.6 is 0 Å². The van der Waals surface area contributed by atoms with E-state index in [1.165, 1.54) is 0 Å². The number of hydrogen-bond donors (Lipinski definition) is 0. The van der Waals surface area contributed by atoms with E-state index in [1.807, 2.05) is 18.1 Å². The average Bonchev–Trinajstić information content (AvgIpc) is 2.94. The maximum Gasteiger partial charge on any atom is 0.274 e. The second kappa shape index (κ2) is 5.77. The van der Waals surface area contributed by atoms with Gasteiger partial charge in [0.05, 0.1) is 13.2 Å². The van der Waals surface area contributed by atoms with Crippen molar-refractivity contribution in [3.05, 3.63) is 18.0 Å². The molecule has 3 heterocycles. The Morgan fingerprint density at radius 2 is 2.14 bits per heavy atom. The molecule has 0 unspecified atom stereocenters. The molecule has 0 bridgehead atoms. The van der Waals surface area contributed by atoms with Crippen LogP contribution in [-0.4, -0.2) is 70.4 Å². The van der Waals surface area contributed by atoms with E-state index in [4.69, 9.17) is 4.74 Å². The van der Waals surface area contributed by atoms with Gasteiger partial charge in [0.25, 0.3) is 5.91 Å². The van der Waals surface area contributed by atoms with Crippen LogP contribution in [-0.2, 0) is 11.8 Å². The van der Waals surface area contributed by atoms with Gasteiger partial charge in [-0.3, -0.25) is 14.4 Å². The molecular weight excluding hydrogens is 268 g/mol. The van der Waals surface area contributed by atoms with Crippen molar-refractivity contribution in [2.24, 2.45) is 7.05 Å². The molecule has 0 radical (unpaired) electrons. The Morgan fingerprint density at radius 3 is 2.76 bits per heavy atom. The highest BCUT2D eigenvalue weighted by Gasteiger charge is 2.42. The van der Waals surface area contributed by atoms with Crippen molar-refractivity contribution in [3.63, 3.8) is 0 Å². The number of amides is 1. The van der Waals surface area contributed by atoms with Gasteiger partial charge >= 0.3 is 0 Å². The number of carbonyl (C=O) groups is 1. The van der Waals surface area contributed by atoms with Gasteiger partial charge in [0.15, 0.2) is 0 Å². The first-order chi connectivity index (χ1) is 10.1. The van der Waals surface area contributed by atoms with Crippen LogP contribution < -0.4 is 0 Å². The van der Waals surface area contributed by atoms with E-state index in [0.717, 1.165) is 52.2 Å². The Balaban J connectivity index is 1.65. The van der Waals surface area contributed by atoms with Crippen molar-refractivity contribution >= 4 is 5.91 Å². The summed E-state index contributed by atoms with van der Waals surface area (Å²) in [7, 11) is 1.83. The monoisotopic (exact) mass is 292 g/mol. The third-order valence-electron chi connectivity index (χ3n) is 4.84. The van der Waals surface area contributed by atoms with Gasteiger partial charge in [0.2, 0.25) is 0 Å². The lowest BCUT2D eigenvalue weighted by Gasteiger charge is -2.50. The van der Waals surface area contributed by atoms with Gasteiger partial charge in [-0.2, -0.15) is 5.10 Å². The van der Waals surface area contributed by atoms with Crippen molar-refractivity contribution in [2.75, 3.05) is 39.4 Å². The summed E-state index contributed by atoms with van der Waals surface area (Å²) in [5.41, 5.74) is 0.675. The molecule has 0 aliphatic carbocycles. The third-order valence-corrected chi connectivity index (χ3v) is 4.84. The van der Waals surface area contributed by atoms with E-state index in [1.54, 1.807) is 10.7 Å². The van der Waals surface area contributed by atoms with Crippen molar-refractivity contribution in [2.45, 2.75) is 25.3 Å². The molecule has 0 aromatic carbocycles. The maximum absolute atomic E-state index is 12.4. The predicted octanol–water partition coefficient (Wildman–Crippen LogP) is 0.747. The van der Waals surface area contributed by atoms with Crippen LogP contribution in [0.3, 0.4) is 0 Å². The second-order valence-corrected chi connectivity index (χ2v) is 6.02. The molecule has 1 amide bonds. The summed E-state index contributed by atoms with van der Waals surface area (Å²) in [4.78, 5) is 16.9. The Bertz CT molecular complexity index is 506. The van der Waals surface area contributed by atoms with Crippen molar-refractivity contribution in [3.8, 4) is 0 Å². The minimum atomic E-state index is 0.0465. The molecule has 0 saturated carbocycles. The second-order valence-electron chi connectivity index (χ2n) is 6.02. The number of likely N-dealkylation sites (N-methyl/N-ethyl adjacent to an activating group) is 1. The zero-order valence-corrected chi connectivity index (χ0v) is 12.9. The van der Waals surface area contributed by atoms with E-state index < -0.39 is 0 Å². The number of likely N-dealkylation sites (tertiary alicyclic amines) is 1. The van der Waals surface area contributed by atoms with Gasteiger partial charge in [-0.25, -0.2) is 0 Å². The lowest BCUT2D eigenvalue weighted by atomic mass is 9.85. The highest BCUT2D eigenvalue weighted by molar-refractivity contribution is 5.92. The molecule has 1 aromatic heterocycles. The summed E-state index contributed by atoms with van der Waals surface area (Å²) in [6.07, 6.45) is 3.78. The van der Waals surface area contributed by atoms with Gasteiger partial charge in [-0.15, -0.1) is 0 Å². The summed E-state index contributed by atoms with van der Waals surface area (Å²) >= 11 is 0. The van der Waals surface area contributed by atoms with Crippen molar-refractivity contribution in [1.82, 2.24) is 19.6 Å². The Kier molecular flexibility index (Phi) is 3.99. The van der Waals surface area contributed by atoms with Gasteiger partial charge in [0, 0.05) is 38.4 Å². The first-order valence-corrected chi connectivity index (χ1v) is 7.76. The van der Waals surface area contributed by atoms with Crippen LogP contribution in [0.1, 0.15) is 30.3 Å². The molecule has 0 atom stereocenters. The molecular formula is C15H24N4O2. The number of piperidine rings is 1. The molecule has 6 heteroatoms. The molecule has 2 aliphatic rings. The summed E-state index contributed by atoms with van der Waals surface area (Å²) in [6.45, 7) is 7.46. The third kappa shape index (κ3) is 2.70. The average molecular weight is 292 g/mol. The number of rotatable bonds is 2. The fourth-order valence-electron chi connectivity index (χ4n) is 3.54. The molecule has 116 valence electrons. The van der Waals surface area contributed by atoms with Crippen LogP contribution in [0, 0.1) is 0 Å². The number of morpholine rings is 1. The minimum Gasteiger partial charge on any atom is -0.378 e. The molecule has 2 aliphatic heterocycles. The Hall–Kier alpha value is -1.40. The number of hydrogen-bond acceptors (Lipinski definition) is 4. The molecule has 3 rings (SSSR count). The predicted molar refractivity (Wildman–Crippen MR) is 79.1 cm³/mol. The van der Waals surface area contributed by atoms with Gasteiger partial charge < -0.3 is 9.64 Å². The van der Waals surface area contributed by atoms with E-state index in [9.17, 15) is 4.79 Å². The summed E-state index contributed by atoms with van der Waals surface area (Å²) in [5.74, 6) is 0.0465. The van der Waals surface area contributed by atoms with Crippen LogP contribution in [0.5, 0.6) is 0 Å². The normalized spacial score (nSPS) is 22.7. The molecule has 21 heavy (non-hydrogen) atoms. The summed E-state index contributed by atoms with van der Waals surface area (Å²) in [6, 6.07) is 1.79. The van der Waals surface area contributed by atoms with Crippen molar-refractivity contribution in [1.29, 1.82) is 0 Å². The van der Waals surface area contributed by atoms with E-state index >= 15 is 0 Å². The molecule has 1 spiro atoms. The topological polar surface area (TPSA) is 50.6 Å². The zero-order valence-electron chi connectivity index (χ0n) is 12.9. The first kappa shape index (κ1) is 14.5. The lowest BCUT2D eigenvalue weighted by Crippen LogP contribution is -2.61. The van der Waals surface area contributed by atoms with Crippen LogP contribution in [0.2, 0.25) is 0 Å². The lowest BCUT2D eigenvalue weighted by molar-refractivity contribution is -0.0894. The maximum atomic E-state index is 12.4. The Morgan fingerprint density at radius 1 is 1.38 bits per heavy atom. The molecule has 1 aromatic rings. The van der Waals surface area contributed by atoms with Crippen LogP contribution in [0.15, 0.2) is 12.3 Å². The smallest absolute Gasteiger partial charge is 0.274 e. The number of nitrogens with zero attached hydrogens (tertiary/aromatic N) is 4. The van der Waals surface area contributed by atoms with Gasteiger partial charge in [-0.05, 0) is 25.5 Å². The number of ether oxygens (including phenoxy) is 1. The first-order valence-electron chi connectivity index (χ1n) is 7.76. The highest BCUT2D eigenvalue weighted by atomic mass is 16.5. The molecule has 6 nitrogen and oxygen atoms in total. The molecule has 2 fully saturated rings. The van der Waals surface area contributed by atoms with E-state index in [0.29, 0.717) is 5.69 Å². The van der Waals surface area contributed by atoms with Gasteiger partial charge in [-0.1, -0.05) is 6.92 Å². The fourth-order valence-corrected chi connectivity index (χ4v) is 3.54. The largest absolute Gasteiger partial charge is 0.378 e. The standard InChI is InChI=1S/C15H24N4O2/c1-3-19-10-11-21-12-15(19)5-8-18(9-6-15)14(20)13-4-7-17(2)16-13/h4,7H,3,5-6,8-12H2,1-2H3. The minimum absolute atomic E-state index is 0.0465. The number of aryl methyl sites for hydroxylation is 1. The van der Waals surface area contributed by atoms with Crippen molar-refractivity contribution < 1.29 is 9.53 Å². The van der Waals surface area contributed by atoms with E-state index in [-0.39, 0.29) is 11.4 Å². The van der Waals surface area contributed by atoms with E-state index in [2.05, 4.69) is 16.9 Å². The summed E-state index contributed by atoms with van der Waals surface area (Å²) < 4.78 is 7.39. The summed E-state index contributed by atoms with van der Waals surface area (Å²) in [5, 5.41) is 4.21. The number of aromatic nitrogens is 2. The SMILES string of the molecule is CCN1CCOCC12CCN(C(=O)c1ccn(C)n1)CC2. The fraction of sp³-hybridized carbons (Fsp3) is 0.733. The number of carbonyl (C=O) groups excluding carboxylic acids is 1. The highest BCUT2D eigenvalue weighted by Crippen LogP contribution is 2.31. The van der Waals surface area contributed by atoms with Crippen LogP contribution in [0.4, 0.5) is 0 Å².